The third-order valence-corrected chi connectivity index (χ3v) is 4.17. The van der Waals surface area contributed by atoms with E-state index in [1.807, 2.05) is 0 Å². The van der Waals surface area contributed by atoms with Gasteiger partial charge in [-0.25, -0.2) is 0 Å². The second-order valence-corrected chi connectivity index (χ2v) is 4.72. The Labute approximate surface area is 108 Å². The Hall–Kier alpha value is -0.120. The summed E-state index contributed by atoms with van der Waals surface area (Å²) < 4.78 is 5.12. The van der Waals surface area contributed by atoms with Crippen LogP contribution in [0.5, 0.6) is 0 Å². The monoisotopic (exact) mass is 244 g/mol. The largest absolute Gasteiger partial charge is 0.385 e. The molecule has 0 saturated carbocycles. The van der Waals surface area contributed by atoms with Crippen LogP contribution >= 0.6 is 0 Å². The van der Waals surface area contributed by atoms with Crippen molar-refractivity contribution in [3.63, 3.8) is 0 Å². The minimum Gasteiger partial charge on any atom is -0.385 e. The molecule has 2 N–H and O–H groups in total. The second kappa shape index (κ2) is 8.90. The Kier molecular flexibility index (Phi) is 8.83. The van der Waals surface area contributed by atoms with Crippen LogP contribution in [0.1, 0.15) is 53.4 Å². The summed E-state index contributed by atoms with van der Waals surface area (Å²) in [5.41, 5.74) is 6.63. The van der Waals surface area contributed by atoms with Gasteiger partial charge in [-0.15, -0.1) is 0 Å². The summed E-state index contributed by atoms with van der Waals surface area (Å²) in [6, 6.07) is 0.243. The van der Waals surface area contributed by atoms with Crippen molar-refractivity contribution in [2.75, 3.05) is 26.8 Å². The van der Waals surface area contributed by atoms with Gasteiger partial charge in [-0.05, 0) is 38.8 Å². The van der Waals surface area contributed by atoms with Crippen LogP contribution in [-0.2, 0) is 4.74 Å². The molecule has 0 aliphatic heterocycles. The van der Waals surface area contributed by atoms with Crippen molar-refractivity contribution < 1.29 is 4.74 Å². The van der Waals surface area contributed by atoms with E-state index >= 15 is 0 Å². The zero-order valence-electron chi connectivity index (χ0n) is 12.5. The highest BCUT2D eigenvalue weighted by atomic mass is 16.5. The lowest BCUT2D eigenvalue weighted by atomic mass is 9.81. The number of methoxy groups -OCH3 is 1. The van der Waals surface area contributed by atoms with Crippen molar-refractivity contribution in [2.45, 2.75) is 65.0 Å². The molecule has 0 aromatic heterocycles. The first-order chi connectivity index (χ1) is 8.12. The molecule has 1 atom stereocenters. The van der Waals surface area contributed by atoms with Crippen LogP contribution < -0.4 is 5.73 Å². The molecule has 0 heterocycles. The molecule has 0 aromatic carbocycles. The lowest BCUT2D eigenvalue weighted by Crippen LogP contribution is -2.59. The zero-order chi connectivity index (χ0) is 13.3. The first-order valence-electron chi connectivity index (χ1n) is 7.12. The molecule has 0 radical (unpaired) electrons. The van der Waals surface area contributed by atoms with Gasteiger partial charge in [0.15, 0.2) is 0 Å². The van der Waals surface area contributed by atoms with Crippen molar-refractivity contribution in [3.05, 3.63) is 0 Å². The van der Waals surface area contributed by atoms with Gasteiger partial charge in [-0.3, -0.25) is 4.90 Å². The summed E-state index contributed by atoms with van der Waals surface area (Å²) in [7, 11) is 1.75. The number of nitrogens with zero attached hydrogens (tertiary/aromatic N) is 1. The Morgan fingerprint density at radius 3 is 2.00 bits per heavy atom. The summed E-state index contributed by atoms with van der Waals surface area (Å²) in [4.78, 5) is 2.53. The molecule has 1 unspecified atom stereocenters. The van der Waals surface area contributed by atoms with Crippen LogP contribution in [0.3, 0.4) is 0 Å². The van der Waals surface area contributed by atoms with E-state index < -0.39 is 0 Å². The molecule has 0 aromatic rings. The van der Waals surface area contributed by atoms with E-state index in [9.17, 15) is 0 Å². The smallest absolute Gasteiger partial charge is 0.0462 e. The maximum atomic E-state index is 6.47. The number of nitrogens with two attached hydrogens (primary N) is 1. The number of rotatable bonds is 10. The van der Waals surface area contributed by atoms with Gasteiger partial charge in [0.1, 0.15) is 0 Å². The van der Waals surface area contributed by atoms with Crippen LogP contribution in [-0.4, -0.2) is 43.3 Å². The van der Waals surface area contributed by atoms with Crippen molar-refractivity contribution in [3.8, 4) is 0 Å². The highest BCUT2D eigenvalue weighted by Crippen LogP contribution is 2.29. The van der Waals surface area contributed by atoms with Gasteiger partial charge < -0.3 is 10.5 Å². The van der Waals surface area contributed by atoms with Gasteiger partial charge in [-0.2, -0.15) is 0 Å². The maximum Gasteiger partial charge on any atom is 0.0462 e. The van der Waals surface area contributed by atoms with E-state index in [2.05, 4.69) is 32.6 Å². The molecule has 104 valence electrons. The van der Waals surface area contributed by atoms with E-state index in [1.165, 1.54) is 0 Å². The quantitative estimate of drug-likeness (QED) is 0.600. The summed E-state index contributed by atoms with van der Waals surface area (Å²) >= 11 is 0. The lowest BCUT2D eigenvalue weighted by Gasteiger charge is -2.46. The molecule has 0 aliphatic rings. The fourth-order valence-electron chi connectivity index (χ4n) is 3.03. The minimum atomic E-state index is 0.164. The predicted molar refractivity (Wildman–Crippen MR) is 75.3 cm³/mol. The fraction of sp³-hybridized carbons (Fsp3) is 1.00. The van der Waals surface area contributed by atoms with Crippen LogP contribution in [0.2, 0.25) is 0 Å². The number of likely N-dealkylation sites (N-methyl/N-ethyl adjacent to an activating group) is 1. The summed E-state index contributed by atoms with van der Waals surface area (Å²) in [5, 5.41) is 0. The maximum absolute atomic E-state index is 6.47. The Morgan fingerprint density at radius 1 is 1.12 bits per heavy atom. The number of hydrogen-bond donors (Lipinski definition) is 1. The molecular formula is C14H32N2O. The average Bonchev–Trinajstić information content (AvgIpc) is 2.36. The minimum absolute atomic E-state index is 0.164. The van der Waals surface area contributed by atoms with Crippen LogP contribution in [0.4, 0.5) is 0 Å². The molecule has 0 bridgehead atoms. The fourth-order valence-corrected chi connectivity index (χ4v) is 3.03. The standard InChI is InChI=1S/C14H32N2O/c1-6-14(7-2,16(8-3)9-4)13(15)11-10-12-17-5/h13H,6-12,15H2,1-5H3. The first-order valence-corrected chi connectivity index (χ1v) is 7.12. The first kappa shape index (κ1) is 16.9. The lowest BCUT2D eigenvalue weighted by molar-refractivity contribution is 0.0563. The summed E-state index contributed by atoms with van der Waals surface area (Å²) in [6.07, 6.45) is 4.35. The summed E-state index contributed by atoms with van der Waals surface area (Å²) in [5.74, 6) is 0. The third kappa shape index (κ3) is 4.23. The van der Waals surface area contributed by atoms with E-state index in [1.54, 1.807) is 7.11 Å². The van der Waals surface area contributed by atoms with Crippen molar-refractivity contribution >= 4 is 0 Å². The van der Waals surface area contributed by atoms with Gasteiger partial charge in [0.05, 0.1) is 0 Å². The normalized spacial score (nSPS) is 14.3. The van der Waals surface area contributed by atoms with E-state index in [-0.39, 0.29) is 11.6 Å². The third-order valence-electron chi connectivity index (χ3n) is 4.17. The van der Waals surface area contributed by atoms with Crippen molar-refractivity contribution in [1.29, 1.82) is 0 Å². The van der Waals surface area contributed by atoms with Crippen LogP contribution in [0.25, 0.3) is 0 Å². The van der Waals surface area contributed by atoms with Crippen molar-refractivity contribution in [2.24, 2.45) is 5.73 Å². The SMILES string of the molecule is CCN(CC)C(CC)(CC)C(N)CCCOC. The number of hydrogen-bond acceptors (Lipinski definition) is 3. The van der Waals surface area contributed by atoms with Crippen molar-refractivity contribution in [1.82, 2.24) is 4.90 Å². The van der Waals surface area contributed by atoms with E-state index in [0.717, 1.165) is 45.4 Å². The molecule has 0 amide bonds. The van der Waals surface area contributed by atoms with E-state index in [0.29, 0.717) is 0 Å². The molecule has 17 heavy (non-hydrogen) atoms. The Bertz CT molecular complexity index is 177. The molecule has 0 fully saturated rings. The molecule has 0 saturated heterocycles. The highest BCUT2D eigenvalue weighted by molar-refractivity contribution is 4.96. The van der Waals surface area contributed by atoms with Crippen LogP contribution in [0, 0.1) is 0 Å². The van der Waals surface area contributed by atoms with Gasteiger partial charge in [0.2, 0.25) is 0 Å². The van der Waals surface area contributed by atoms with Gasteiger partial charge in [0, 0.05) is 25.3 Å². The topological polar surface area (TPSA) is 38.5 Å². The Balaban J connectivity index is 4.66. The van der Waals surface area contributed by atoms with Gasteiger partial charge in [-0.1, -0.05) is 27.7 Å². The van der Waals surface area contributed by atoms with Gasteiger partial charge >= 0.3 is 0 Å². The zero-order valence-corrected chi connectivity index (χ0v) is 12.5. The summed E-state index contributed by atoms with van der Waals surface area (Å²) in [6.45, 7) is 12.0. The van der Waals surface area contributed by atoms with Crippen LogP contribution in [0.15, 0.2) is 0 Å². The molecule has 0 spiro atoms. The second-order valence-electron chi connectivity index (χ2n) is 4.72. The molecule has 3 heteroatoms. The predicted octanol–water partition coefficient (Wildman–Crippen LogP) is 2.64. The molecule has 0 rings (SSSR count). The Morgan fingerprint density at radius 2 is 1.65 bits per heavy atom. The molecule has 3 nitrogen and oxygen atoms in total. The van der Waals surface area contributed by atoms with E-state index in [4.69, 9.17) is 10.5 Å². The molecular weight excluding hydrogens is 212 g/mol. The highest BCUT2D eigenvalue weighted by Gasteiger charge is 2.37. The van der Waals surface area contributed by atoms with Gasteiger partial charge in [0.25, 0.3) is 0 Å². The average molecular weight is 244 g/mol. The molecule has 0 aliphatic carbocycles. The number of ether oxygens (including phenoxy) is 1.